The van der Waals surface area contributed by atoms with Gasteiger partial charge in [0.15, 0.2) is 0 Å². The molecule has 0 atom stereocenters. The Hall–Kier alpha value is -0.780. The maximum atomic E-state index is 2.32. The van der Waals surface area contributed by atoms with Crippen LogP contribution in [0.2, 0.25) is 0 Å². The maximum absolute atomic E-state index is 2.32. The molecule has 0 N–H and O–H groups in total. The molecule has 0 heteroatoms. The van der Waals surface area contributed by atoms with E-state index in [1.807, 2.05) is 0 Å². The van der Waals surface area contributed by atoms with Crippen molar-refractivity contribution in [3.05, 3.63) is 34.9 Å². The number of rotatable bonds is 3. The molecule has 0 heterocycles. The molecule has 0 aliphatic heterocycles. The van der Waals surface area contributed by atoms with Crippen LogP contribution in [-0.2, 0) is 0 Å². The van der Waals surface area contributed by atoms with E-state index >= 15 is 0 Å². The Kier molecular flexibility index (Phi) is 4.01. The van der Waals surface area contributed by atoms with Gasteiger partial charge in [-0.25, -0.2) is 0 Å². The van der Waals surface area contributed by atoms with Crippen molar-refractivity contribution in [2.24, 2.45) is 0 Å². The van der Waals surface area contributed by atoms with E-state index in [4.69, 9.17) is 0 Å². The molecule has 0 radical (unpaired) electrons. The lowest BCUT2D eigenvalue weighted by Gasteiger charge is -2.15. The smallest absolute Gasteiger partial charge is 0.0242 e. The van der Waals surface area contributed by atoms with Gasteiger partial charge in [0.25, 0.3) is 0 Å². The van der Waals surface area contributed by atoms with E-state index in [9.17, 15) is 0 Å². The van der Waals surface area contributed by atoms with Gasteiger partial charge >= 0.3 is 0 Å². The Balaban J connectivity index is 2.91. The Morgan fingerprint density at radius 2 is 2.23 bits per heavy atom. The number of hydrogen-bond donors (Lipinski definition) is 0. The summed E-state index contributed by atoms with van der Waals surface area (Å²) in [6.07, 6.45) is 11.7. The normalized spacial score (nSPS) is 18.2. The first-order valence-electron chi connectivity index (χ1n) is 5.35. The molecule has 0 aromatic rings. The quantitative estimate of drug-likeness (QED) is 0.598. The van der Waals surface area contributed by atoms with Gasteiger partial charge < -0.3 is 0 Å². The topological polar surface area (TPSA) is 0 Å². The van der Waals surface area contributed by atoms with E-state index in [1.54, 1.807) is 5.57 Å². The minimum Gasteiger partial charge on any atom is -0.0836 e. The molecule has 0 saturated carbocycles. The predicted octanol–water partition coefficient (Wildman–Crippen LogP) is 4.40. The standard InChI is InChI=1S/C13H20/c1-4-8-11(3)13-10-7-6-9-12(13)5-2/h7-8,10H,4-6,9H2,1-3H3/b11-8+. The zero-order chi connectivity index (χ0) is 9.68. The second kappa shape index (κ2) is 5.06. The number of allylic oxidation sites excluding steroid dienone is 6. The van der Waals surface area contributed by atoms with Crippen molar-refractivity contribution in [2.75, 3.05) is 0 Å². The average molecular weight is 176 g/mol. The highest BCUT2D eigenvalue weighted by Gasteiger charge is 2.07. The van der Waals surface area contributed by atoms with Gasteiger partial charge in [-0.15, -0.1) is 0 Å². The van der Waals surface area contributed by atoms with Gasteiger partial charge in [-0.05, 0) is 43.8 Å². The molecule has 1 aliphatic carbocycles. The van der Waals surface area contributed by atoms with Gasteiger partial charge in [-0.1, -0.05) is 37.6 Å². The van der Waals surface area contributed by atoms with Crippen molar-refractivity contribution in [3.63, 3.8) is 0 Å². The van der Waals surface area contributed by atoms with Gasteiger partial charge in [0.1, 0.15) is 0 Å². The van der Waals surface area contributed by atoms with Crippen LogP contribution < -0.4 is 0 Å². The lowest BCUT2D eigenvalue weighted by atomic mass is 9.91. The fourth-order valence-corrected chi connectivity index (χ4v) is 1.90. The van der Waals surface area contributed by atoms with Crippen LogP contribution in [0.4, 0.5) is 0 Å². The molecule has 1 rings (SSSR count). The second-order valence-corrected chi connectivity index (χ2v) is 3.61. The van der Waals surface area contributed by atoms with Crippen molar-refractivity contribution in [1.82, 2.24) is 0 Å². The maximum Gasteiger partial charge on any atom is -0.0242 e. The van der Waals surface area contributed by atoms with E-state index in [1.165, 1.54) is 30.4 Å². The summed E-state index contributed by atoms with van der Waals surface area (Å²) < 4.78 is 0. The Bertz CT molecular complexity index is 251. The summed E-state index contributed by atoms with van der Waals surface area (Å²) in [5.41, 5.74) is 4.58. The van der Waals surface area contributed by atoms with Gasteiger partial charge in [0.05, 0.1) is 0 Å². The molecule has 0 fully saturated rings. The second-order valence-electron chi connectivity index (χ2n) is 3.61. The van der Waals surface area contributed by atoms with Crippen LogP contribution in [0.15, 0.2) is 34.9 Å². The molecular formula is C13H20. The summed E-state index contributed by atoms with van der Waals surface area (Å²) >= 11 is 0. The third-order valence-corrected chi connectivity index (χ3v) is 2.64. The van der Waals surface area contributed by atoms with Crippen molar-refractivity contribution < 1.29 is 0 Å². The summed E-state index contributed by atoms with van der Waals surface area (Å²) in [5.74, 6) is 0. The minimum atomic E-state index is 1.14. The molecule has 0 nitrogen and oxygen atoms in total. The Labute approximate surface area is 82.0 Å². The molecule has 0 spiro atoms. The molecule has 13 heavy (non-hydrogen) atoms. The van der Waals surface area contributed by atoms with E-state index < -0.39 is 0 Å². The number of hydrogen-bond acceptors (Lipinski definition) is 0. The van der Waals surface area contributed by atoms with Crippen molar-refractivity contribution >= 4 is 0 Å². The minimum absolute atomic E-state index is 1.14. The van der Waals surface area contributed by atoms with E-state index in [2.05, 4.69) is 39.0 Å². The van der Waals surface area contributed by atoms with E-state index in [0.717, 1.165) is 6.42 Å². The van der Waals surface area contributed by atoms with Crippen LogP contribution in [0.1, 0.15) is 46.5 Å². The zero-order valence-corrected chi connectivity index (χ0v) is 9.06. The van der Waals surface area contributed by atoms with Gasteiger partial charge in [-0.2, -0.15) is 0 Å². The van der Waals surface area contributed by atoms with Crippen LogP contribution in [0, 0.1) is 0 Å². The van der Waals surface area contributed by atoms with Gasteiger partial charge in [-0.3, -0.25) is 0 Å². The Morgan fingerprint density at radius 1 is 1.46 bits per heavy atom. The fourth-order valence-electron chi connectivity index (χ4n) is 1.90. The largest absolute Gasteiger partial charge is 0.0836 e. The monoisotopic (exact) mass is 176 g/mol. The first-order chi connectivity index (χ1) is 6.29. The lowest BCUT2D eigenvalue weighted by molar-refractivity contribution is 0.876. The van der Waals surface area contributed by atoms with Crippen LogP contribution >= 0.6 is 0 Å². The van der Waals surface area contributed by atoms with E-state index in [-0.39, 0.29) is 0 Å². The molecule has 0 aromatic heterocycles. The summed E-state index contributed by atoms with van der Waals surface area (Å²) in [6, 6.07) is 0. The fraction of sp³-hybridized carbons (Fsp3) is 0.538. The van der Waals surface area contributed by atoms with Crippen molar-refractivity contribution in [2.45, 2.75) is 46.5 Å². The highest BCUT2D eigenvalue weighted by molar-refractivity contribution is 5.44. The third kappa shape index (κ3) is 2.58. The highest BCUT2D eigenvalue weighted by Crippen LogP contribution is 2.26. The van der Waals surface area contributed by atoms with E-state index in [0.29, 0.717) is 0 Å². The molecule has 0 bridgehead atoms. The first-order valence-corrected chi connectivity index (χ1v) is 5.35. The highest BCUT2D eigenvalue weighted by atomic mass is 14.1. The lowest BCUT2D eigenvalue weighted by Crippen LogP contribution is -1.95. The van der Waals surface area contributed by atoms with Crippen LogP contribution in [-0.4, -0.2) is 0 Å². The molecule has 0 unspecified atom stereocenters. The summed E-state index contributed by atoms with van der Waals surface area (Å²) in [7, 11) is 0. The van der Waals surface area contributed by atoms with Crippen molar-refractivity contribution in [1.29, 1.82) is 0 Å². The molecule has 1 aliphatic rings. The van der Waals surface area contributed by atoms with Crippen molar-refractivity contribution in [3.8, 4) is 0 Å². The SMILES string of the molecule is CC/C=C(\C)C1=C(CC)CCC=C1. The molecule has 72 valence electrons. The molecule has 0 saturated heterocycles. The van der Waals surface area contributed by atoms with Crippen LogP contribution in [0.5, 0.6) is 0 Å². The molecular weight excluding hydrogens is 156 g/mol. The van der Waals surface area contributed by atoms with Crippen LogP contribution in [0.25, 0.3) is 0 Å². The first kappa shape index (κ1) is 10.3. The van der Waals surface area contributed by atoms with Gasteiger partial charge in [0.2, 0.25) is 0 Å². The zero-order valence-electron chi connectivity index (χ0n) is 9.06. The third-order valence-electron chi connectivity index (χ3n) is 2.64. The Morgan fingerprint density at radius 3 is 2.85 bits per heavy atom. The predicted molar refractivity (Wildman–Crippen MR) is 59.7 cm³/mol. The van der Waals surface area contributed by atoms with Gasteiger partial charge in [0, 0.05) is 0 Å². The summed E-state index contributed by atoms with van der Waals surface area (Å²) in [6.45, 7) is 6.68. The summed E-state index contributed by atoms with van der Waals surface area (Å²) in [4.78, 5) is 0. The molecule has 0 amide bonds. The summed E-state index contributed by atoms with van der Waals surface area (Å²) in [5, 5.41) is 0. The average Bonchev–Trinajstić information content (AvgIpc) is 2.18. The molecule has 0 aromatic carbocycles. The van der Waals surface area contributed by atoms with Crippen LogP contribution in [0.3, 0.4) is 0 Å².